The summed E-state index contributed by atoms with van der Waals surface area (Å²) in [6.45, 7) is 0.369. The lowest BCUT2D eigenvalue weighted by molar-refractivity contribution is 0.143. The molecule has 1 aliphatic heterocycles. The molecule has 1 saturated heterocycles. The molecular formula is C12H17N3O4S. The lowest BCUT2D eigenvalue weighted by Crippen LogP contribution is -2.40. The summed E-state index contributed by atoms with van der Waals surface area (Å²) in [7, 11) is -0.652. The van der Waals surface area contributed by atoms with Crippen LogP contribution < -0.4 is 9.62 Å². The van der Waals surface area contributed by atoms with Gasteiger partial charge in [0.25, 0.3) is 10.2 Å². The van der Waals surface area contributed by atoms with Crippen LogP contribution in [0.1, 0.15) is 0 Å². The third-order valence-electron chi connectivity index (χ3n) is 2.92. The van der Waals surface area contributed by atoms with Gasteiger partial charge >= 0.3 is 6.09 Å². The Bertz CT molecular complexity index is 574. The lowest BCUT2D eigenvalue weighted by Gasteiger charge is -2.15. The van der Waals surface area contributed by atoms with Crippen molar-refractivity contribution in [3.05, 3.63) is 30.3 Å². The zero-order valence-corrected chi connectivity index (χ0v) is 12.1. The zero-order valence-electron chi connectivity index (χ0n) is 11.3. The number of para-hydroxylation sites is 1. The van der Waals surface area contributed by atoms with Crippen LogP contribution in [0.5, 0.6) is 0 Å². The van der Waals surface area contributed by atoms with E-state index in [2.05, 4.69) is 4.72 Å². The minimum atomic E-state index is -3.51. The average Bonchev–Trinajstić information content (AvgIpc) is 2.79. The van der Waals surface area contributed by atoms with Crippen LogP contribution in [0.2, 0.25) is 0 Å². The monoisotopic (exact) mass is 299 g/mol. The Kier molecular flexibility index (Phi) is 4.26. The first-order valence-electron chi connectivity index (χ1n) is 6.10. The van der Waals surface area contributed by atoms with Crippen molar-refractivity contribution in [3.63, 3.8) is 0 Å². The molecule has 1 fully saturated rings. The second kappa shape index (κ2) is 5.78. The van der Waals surface area contributed by atoms with Crippen LogP contribution in [0.25, 0.3) is 0 Å². The molecule has 1 aromatic rings. The summed E-state index contributed by atoms with van der Waals surface area (Å²) in [6, 6.07) is 9.10. The van der Waals surface area contributed by atoms with E-state index in [1.165, 1.54) is 19.0 Å². The molecule has 1 atom stereocenters. The van der Waals surface area contributed by atoms with E-state index in [-0.39, 0.29) is 6.54 Å². The van der Waals surface area contributed by atoms with Crippen molar-refractivity contribution in [2.24, 2.45) is 0 Å². The topological polar surface area (TPSA) is 79.0 Å². The number of carbonyl (C=O) groups is 1. The predicted molar refractivity (Wildman–Crippen MR) is 74.7 cm³/mol. The van der Waals surface area contributed by atoms with Crippen LogP contribution in [-0.2, 0) is 14.9 Å². The molecule has 0 spiro atoms. The molecule has 1 unspecified atom stereocenters. The number of anilines is 1. The number of nitrogens with zero attached hydrogens (tertiary/aromatic N) is 2. The summed E-state index contributed by atoms with van der Waals surface area (Å²) in [5.74, 6) is 0. The van der Waals surface area contributed by atoms with Gasteiger partial charge in [-0.1, -0.05) is 18.2 Å². The van der Waals surface area contributed by atoms with Crippen LogP contribution in [0.3, 0.4) is 0 Å². The molecule has 1 heterocycles. The molecule has 2 rings (SSSR count). The highest BCUT2D eigenvalue weighted by atomic mass is 32.2. The third-order valence-corrected chi connectivity index (χ3v) is 4.41. The van der Waals surface area contributed by atoms with E-state index in [4.69, 9.17) is 4.74 Å². The van der Waals surface area contributed by atoms with E-state index in [1.54, 1.807) is 12.1 Å². The fourth-order valence-electron chi connectivity index (χ4n) is 1.77. The van der Waals surface area contributed by atoms with Crippen LogP contribution in [-0.4, -0.2) is 52.1 Å². The van der Waals surface area contributed by atoms with Gasteiger partial charge in [0, 0.05) is 19.8 Å². The minimum absolute atomic E-state index is 0.0512. The normalized spacial score (nSPS) is 19.4. The van der Waals surface area contributed by atoms with Gasteiger partial charge in [-0.25, -0.2) is 4.79 Å². The molecule has 0 aliphatic carbocycles. The number of amides is 1. The van der Waals surface area contributed by atoms with Gasteiger partial charge in [-0.15, -0.1) is 0 Å². The Hall–Kier alpha value is -1.64. The van der Waals surface area contributed by atoms with Crippen molar-refractivity contribution in [2.75, 3.05) is 32.1 Å². The molecule has 20 heavy (non-hydrogen) atoms. The maximum atomic E-state index is 11.8. The Balaban J connectivity index is 1.97. The van der Waals surface area contributed by atoms with Crippen LogP contribution >= 0.6 is 0 Å². The largest absolute Gasteiger partial charge is 0.443 e. The molecule has 1 aromatic carbocycles. The van der Waals surface area contributed by atoms with Crippen molar-refractivity contribution in [1.29, 1.82) is 0 Å². The number of hydrogen-bond donors (Lipinski definition) is 1. The van der Waals surface area contributed by atoms with Crippen molar-refractivity contribution in [2.45, 2.75) is 6.10 Å². The van der Waals surface area contributed by atoms with E-state index in [0.29, 0.717) is 6.54 Å². The fourth-order valence-corrected chi connectivity index (χ4v) is 2.43. The quantitative estimate of drug-likeness (QED) is 0.854. The van der Waals surface area contributed by atoms with Crippen LogP contribution in [0.15, 0.2) is 30.3 Å². The molecule has 1 aliphatic rings. The highest BCUT2D eigenvalue weighted by Crippen LogP contribution is 2.20. The van der Waals surface area contributed by atoms with Gasteiger partial charge in [-0.3, -0.25) is 4.90 Å². The number of ether oxygens (including phenoxy) is 1. The summed E-state index contributed by atoms with van der Waals surface area (Å²) >= 11 is 0. The Morgan fingerprint density at radius 1 is 1.35 bits per heavy atom. The van der Waals surface area contributed by atoms with E-state index in [0.717, 1.165) is 9.99 Å². The fraction of sp³-hybridized carbons (Fsp3) is 0.417. The highest BCUT2D eigenvalue weighted by Gasteiger charge is 2.33. The van der Waals surface area contributed by atoms with Gasteiger partial charge in [0.2, 0.25) is 0 Å². The standard InChI is InChI=1S/C12H17N3O4S/c1-14(2)20(17,18)13-8-11-9-15(12(16)19-11)10-6-4-3-5-7-10/h3-7,11,13H,8-9H2,1-2H3. The number of carbonyl (C=O) groups excluding carboxylic acids is 1. The van der Waals surface area contributed by atoms with E-state index >= 15 is 0 Å². The number of benzene rings is 1. The van der Waals surface area contributed by atoms with Crippen molar-refractivity contribution in [1.82, 2.24) is 9.03 Å². The Morgan fingerprint density at radius 2 is 2.00 bits per heavy atom. The van der Waals surface area contributed by atoms with Gasteiger partial charge in [0.1, 0.15) is 6.10 Å². The summed E-state index contributed by atoms with van der Waals surface area (Å²) in [5.41, 5.74) is 0.732. The van der Waals surface area contributed by atoms with Crippen LogP contribution in [0, 0.1) is 0 Å². The summed E-state index contributed by atoms with van der Waals surface area (Å²) < 4.78 is 31.8. The van der Waals surface area contributed by atoms with E-state index in [9.17, 15) is 13.2 Å². The SMILES string of the molecule is CN(C)S(=O)(=O)NCC1CN(c2ccccc2)C(=O)O1. The van der Waals surface area contributed by atoms with Gasteiger partial charge in [0.05, 0.1) is 13.1 Å². The minimum Gasteiger partial charge on any atom is -0.443 e. The summed E-state index contributed by atoms with van der Waals surface area (Å²) in [5, 5.41) is 0. The third kappa shape index (κ3) is 3.27. The van der Waals surface area contributed by atoms with Gasteiger partial charge in [-0.2, -0.15) is 17.4 Å². The number of rotatable bonds is 5. The zero-order chi connectivity index (χ0) is 14.8. The number of nitrogens with one attached hydrogen (secondary N) is 1. The molecule has 7 nitrogen and oxygen atoms in total. The van der Waals surface area contributed by atoms with Gasteiger partial charge in [-0.05, 0) is 12.1 Å². The molecule has 110 valence electrons. The number of hydrogen-bond acceptors (Lipinski definition) is 4. The first-order valence-corrected chi connectivity index (χ1v) is 7.54. The second-order valence-electron chi connectivity index (χ2n) is 4.59. The Labute approximate surface area is 118 Å². The molecule has 0 aromatic heterocycles. The second-order valence-corrected chi connectivity index (χ2v) is 6.56. The van der Waals surface area contributed by atoms with Crippen molar-refractivity contribution in [3.8, 4) is 0 Å². The van der Waals surface area contributed by atoms with Gasteiger partial charge < -0.3 is 4.74 Å². The molecule has 8 heteroatoms. The maximum Gasteiger partial charge on any atom is 0.414 e. The summed E-state index contributed by atoms with van der Waals surface area (Å²) in [6.07, 6.45) is -0.970. The smallest absolute Gasteiger partial charge is 0.414 e. The Morgan fingerprint density at radius 3 is 2.60 bits per heavy atom. The molecule has 0 saturated carbocycles. The molecule has 0 bridgehead atoms. The van der Waals surface area contributed by atoms with Crippen molar-refractivity contribution < 1.29 is 17.9 Å². The molecular weight excluding hydrogens is 282 g/mol. The van der Waals surface area contributed by atoms with Crippen molar-refractivity contribution >= 4 is 22.0 Å². The van der Waals surface area contributed by atoms with E-state index < -0.39 is 22.4 Å². The predicted octanol–water partition coefficient (Wildman–Crippen LogP) is 0.408. The highest BCUT2D eigenvalue weighted by molar-refractivity contribution is 7.87. The first-order chi connectivity index (χ1) is 9.40. The maximum absolute atomic E-state index is 11.8. The average molecular weight is 299 g/mol. The first kappa shape index (κ1) is 14.8. The lowest BCUT2D eigenvalue weighted by atomic mass is 10.3. The van der Waals surface area contributed by atoms with Gasteiger partial charge in [0.15, 0.2) is 0 Å². The van der Waals surface area contributed by atoms with E-state index in [1.807, 2.05) is 18.2 Å². The molecule has 0 radical (unpaired) electrons. The molecule has 1 amide bonds. The molecule has 1 N–H and O–H groups in total. The number of cyclic esters (lactones) is 1. The summed E-state index contributed by atoms with van der Waals surface area (Å²) in [4.78, 5) is 13.2. The van der Waals surface area contributed by atoms with Crippen LogP contribution in [0.4, 0.5) is 10.5 Å².